The molecule has 0 aliphatic carbocycles. The molecule has 9 heteroatoms. The zero-order chi connectivity index (χ0) is 20.9. The molecule has 150 valence electrons. The van der Waals surface area contributed by atoms with Crippen LogP contribution in [-0.4, -0.2) is 19.5 Å². The zero-order valence-electron chi connectivity index (χ0n) is 15.4. The Kier molecular flexibility index (Phi) is 4.71. The van der Waals surface area contributed by atoms with E-state index >= 15 is 0 Å². The van der Waals surface area contributed by atoms with Crippen LogP contribution in [0.1, 0.15) is 25.0 Å². The van der Waals surface area contributed by atoms with E-state index < -0.39 is 32.2 Å². The summed E-state index contributed by atoms with van der Waals surface area (Å²) in [5.74, 6) is 0.464. The number of aromatic nitrogens is 1. The Morgan fingerprint density at radius 3 is 2.25 bits per heavy atom. The molecule has 0 aliphatic rings. The van der Waals surface area contributed by atoms with Crippen LogP contribution in [0.3, 0.4) is 0 Å². The average molecular weight is 412 g/mol. The molecule has 0 amide bonds. The van der Waals surface area contributed by atoms with E-state index in [0.29, 0.717) is 16.7 Å². The molecule has 1 heterocycles. The maximum Gasteiger partial charge on any atom is 0.417 e. The largest absolute Gasteiger partial charge is 0.496 e. The number of ether oxygens (including phenoxy) is 1. The van der Waals surface area contributed by atoms with Gasteiger partial charge >= 0.3 is 6.18 Å². The minimum atomic E-state index is -4.81. The fourth-order valence-corrected chi connectivity index (χ4v) is 4.81. The van der Waals surface area contributed by atoms with Crippen molar-refractivity contribution < 1.29 is 26.3 Å². The lowest BCUT2D eigenvalue weighted by molar-refractivity contribution is -0.139. The summed E-state index contributed by atoms with van der Waals surface area (Å²) in [7, 11) is -3.04. The van der Waals surface area contributed by atoms with E-state index in [1.165, 1.54) is 31.5 Å². The Bertz CT molecular complexity index is 1140. The molecule has 0 radical (unpaired) electrons. The van der Waals surface area contributed by atoms with Gasteiger partial charge in [-0.1, -0.05) is 12.1 Å². The van der Waals surface area contributed by atoms with E-state index in [0.717, 1.165) is 22.2 Å². The number of hydrogen-bond acceptors (Lipinski definition) is 4. The molecule has 0 fully saturated rings. The van der Waals surface area contributed by atoms with E-state index in [1.54, 1.807) is 19.9 Å². The third-order valence-corrected chi connectivity index (χ3v) is 6.14. The molecule has 3 rings (SSSR count). The van der Waals surface area contributed by atoms with Crippen molar-refractivity contribution in [2.24, 2.45) is 5.73 Å². The van der Waals surface area contributed by atoms with Crippen molar-refractivity contribution >= 4 is 20.9 Å². The van der Waals surface area contributed by atoms with Crippen molar-refractivity contribution in [3.05, 3.63) is 59.8 Å². The minimum Gasteiger partial charge on any atom is -0.496 e. The highest BCUT2D eigenvalue weighted by molar-refractivity contribution is 7.90. The number of methoxy groups -OCH3 is 1. The lowest BCUT2D eigenvalue weighted by atomic mass is 9.91. The molecule has 28 heavy (non-hydrogen) atoms. The van der Waals surface area contributed by atoms with Crippen molar-refractivity contribution in [2.75, 3.05) is 7.11 Å². The Balaban J connectivity index is 2.32. The Hall–Kier alpha value is -2.52. The van der Waals surface area contributed by atoms with Crippen LogP contribution in [0.25, 0.3) is 10.9 Å². The number of benzene rings is 2. The molecule has 0 saturated carbocycles. The van der Waals surface area contributed by atoms with Gasteiger partial charge in [0.25, 0.3) is 10.0 Å². The van der Waals surface area contributed by atoms with E-state index in [4.69, 9.17) is 10.5 Å². The maximum absolute atomic E-state index is 13.3. The number of nitrogens with two attached hydrogens (primary N) is 1. The first-order valence-corrected chi connectivity index (χ1v) is 9.72. The van der Waals surface area contributed by atoms with Crippen molar-refractivity contribution in [2.45, 2.75) is 30.5 Å². The van der Waals surface area contributed by atoms with Crippen molar-refractivity contribution in [1.82, 2.24) is 3.97 Å². The summed E-state index contributed by atoms with van der Waals surface area (Å²) >= 11 is 0. The first-order valence-electron chi connectivity index (χ1n) is 8.28. The van der Waals surface area contributed by atoms with Gasteiger partial charge in [0.1, 0.15) is 10.6 Å². The molecule has 2 aromatic carbocycles. The summed E-state index contributed by atoms with van der Waals surface area (Å²) in [4.78, 5) is -0.815. The van der Waals surface area contributed by atoms with Crippen LogP contribution >= 0.6 is 0 Å². The van der Waals surface area contributed by atoms with Crippen molar-refractivity contribution in [3.63, 3.8) is 0 Å². The molecule has 0 unspecified atom stereocenters. The van der Waals surface area contributed by atoms with Crippen LogP contribution in [0.2, 0.25) is 0 Å². The second-order valence-electron chi connectivity index (χ2n) is 6.91. The quantitative estimate of drug-likeness (QED) is 0.700. The smallest absolute Gasteiger partial charge is 0.417 e. The molecule has 1 aromatic heterocycles. The maximum atomic E-state index is 13.3. The molecule has 2 N–H and O–H groups in total. The summed E-state index contributed by atoms with van der Waals surface area (Å²) in [6, 6.07) is 8.64. The normalized spacial score (nSPS) is 13.1. The van der Waals surface area contributed by atoms with E-state index in [2.05, 4.69) is 0 Å². The Morgan fingerprint density at radius 2 is 1.68 bits per heavy atom. The average Bonchev–Trinajstić information content (AvgIpc) is 3.03. The number of halogens is 3. The third-order valence-electron chi connectivity index (χ3n) is 4.39. The predicted molar refractivity (Wildman–Crippen MR) is 99.7 cm³/mol. The van der Waals surface area contributed by atoms with Gasteiger partial charge in [0.2, 0.25) is 0 Å². The summed E-state index contributed by atoms with van der Waals surface area (Å²) < 4.78 is 72.4. The Morgan fingerprint density at radius 1 is 1.04 bits per heavy atom. The standard InChI is InChI=1S/C19H19F3N2O3S/c1-18(2,23)17-12-10-11-24(14(12)8-9-15(17)27-3)28(25,26)16-7-5-4-6-13(16)19(20,21)22/h4-11H,23H2,1-3H3. The Labute approximate surface area is 160 Å². The monoisotopic (exact) mass is 412 g/mol. The first-order chi connectivity index (χ1) is 12.9. The minimum absolute atomic E-state index is 0.214. The number of hydrogen-bond donors (Lipinski definition) is 1. The second kappa shape index (κ2) is 6.52. The van der Waals surface area contributed by atoms with Crippen molar-refractivity contribution in [1.29, 1.82) is 0 Å². The van der Waals surface area contributed by atoms with Gasteiger partial charge in [0.05, 0.1) is 18.2 Å². The summed E-state index contributed by atoms with van der Waals surface area (Å²) in [5.41, 5.74) is 4.91. The van der Waals surface area contributed by atoms with E-state index in [-0.39, 0.29) is 5.52 Å². The van der Waals surface area contributed by atoms with Gasteiger partial charge in [-0.3, -0.25) is 0 Å². The van der Waals surface area contributed by atoms with Crippen LogP contribution in [0.4, 0.5) is 13.2 Å². The van der Waals surface area contributed by atoms with Gasteiger partial charge in [-0.2, -0.15) is 13.2 Å². The molecule has 0 bridgehead atoms. The molecular formula is C19H19F3N2O3S. The fourth-order valence-electron chi connectivity index (χ4n) is 3.25. The lowest BCUT2D eigenvalue weighted by Gasteiger charge is -2.23. The molecular weight excluding hydrogens is 393 g/mol. The fraction of sp³-hybridized carbons (Fsp3) is 0.263. The van der Waals surface area contributed by atoms with E-state index in [1.807, 2.05) is 0 Å². The number of fused-ring (bicyclic) bond motifs is 1. The highest BCUT2D eigenvalue weighted by atomic mass is 32.2. The first kappa shape index (κ1) is 20.2. The van der Waals surface area contributed by atoms with Gasteiger partial charge in [-0.15, -0.1) is 0 Å². The molecule has 0 spiro atoms. The van der Waals surface area contributed by atoms with Crippen LogP contribution in [0.5, 0.6) is 5.75 Å². The number of alkyl halides is 3. The molecule has 0 saturated heterocycles. The van der Waals surface area contributed by atoms with Gasteiger partial charge < -0.3 is 10.5 Å². The van der Waals surface area contributed by atoms with Gasteiger partial charge in [0, 0.05) is 22.7 Å². The SMILES string of the molecule is COc1ccc2c(ccn2S(=O)(=O)c2ccccc2C(F)(F)F)c1C(C)(C)N. The lowest BCUT2D eigenvalue weighted by Crippen LogP contribution is -2.29. The molecule has 5 nitrogen and oxygen atoms in total. The van der Waals surface area contributed by atoms with Crippen molar-refractivity contribution in [3.8, 4) is 5.75 Å². The van der Waals surface area contributed by atoms with Crippen LogP contribution in [-0.2, 0) is 21.7 Å². The van der Waals surface area contributed by atoms with E-state index in [9.17, 15) is 21.6 Å². The molecule has 0 atom stereocenters. The molecule has 0 aliphatic heterocycles. The van der Waals surface area contributed by atoms with Crippen LogP contribution in [0.15, 0.2) is 53.6 Å². The van der Waals surface area contributed by atoms with Gasteiger partial charge in [-0.05, 0) is 44.2 Å². The molecule has 3 aromatic rings. The summed E-state index contributed by atoms with van der Waals surface area (Å²) in [6.45, 7) is 3.46. The topological polar surface area (TPSA) is 74.3 Å². The highest BCUT2D eigenvalue weighted by Gasteiger charge is 2.38. The predicted octanol–water partition coefficient (Wildman–Crippen LogP) is 4.10. The summed E-state index contributed by atoms with van der Waals surface area (Å²) in [6.07, 6.45) is -3.58. The van der Waals surface area contributed by atoms with Crippen LogP contribution in [0, 0.1) is 0 Å². The highest BCUT2D eigenvalue weighted by Crippen LogP contribution is 2.38. The van der Waals surface area contributed by atoms with Crippen LogP contribution < -0.4 is 10.5 Å². The second-order valence-corrected chi connectivity index (χ2v) is 8.69. The van der Waals surface area contributed by atoms with Gasteiger partial charge in [0.15, 0.2) is 0 Å². The zero-order valence-corrected chi connectivity index (χ0v) is 16.2. The number of rotatable bonds is 4. The van der Waals surface area contributed by atoms with Gasteiger partial charge in [-0.25, -0.2) is 12.4 Å². The number of nitrogens with zero attached hydrogens (tertiary/aromatic N) is 1. The third kappa shape index (κ3) is 3.24. The summed E-state index contributed by atoms with van der Waals surface area (Å²) in [5, 5.41) is 0.486.